The maximum atomic E-state index is 12.8. The van der Waals surface area contributed by atoms with Crippen molar-refractivity contribution in [3.8, 4) is 5.75 Å². The van der Waals surface area contributed by atoms with Gasteiger partial charge in [-0.1, -0.05) is 24.3 Å². The highest BCUT2D eigenvalue weighted by molar-refractivity contribution is 5.98. The molecule has 1 aromatic heterocycles. The predicted molar refractivity (Wildman–Crippen MR) is 101 cm³/mol. The van der Waals surface area contributed by atoms with Gasteiger partial charge in [-0.25, -0.2) is 0 Å². The van der Waals surface area contributed by atoms with Gasteiger partial charge in [-0.05, 0) is 44.0 Å². The summed E-state index contributed by atoms with van der Waals surface area (Å²) < 4.78 is 5.89. The van der Waals surface area contributed by atoms with Crippen molar-refractivity contribution in [3.05, 3.63) is 59.9 Å². The van der Waals surface area contributed by atoms with Gasteiger partial charge in [0.15, 0.2) is 0 Å². The first kappa shape index (κ1) is 16.7. The van der Waals surface area contributed by atoms with Crippen LogP contribution in [0.3, 0.4) is 0 Å². The highest BCUT2D eigenvalue weighted by atomic mass is 16.3. The zero-order valence-corrected chi connectivity index (χ0v) is 15.0. The summed E-state index contributed by atoms with van der Waals surface area (Å²) in [4.78, 5) is 14.9. The average Bonchev–Trinajstić information content (AvgIpc) is 3.04. The number of phenolic OH excluding ortho intramolecular Hbond substituents is 1. The number of phenols is 1. The molecule has 1 aliphatic heterocycles. The topological polar surface area (TPSA) is 65.7 Å². The molecule has 134 valence electrons. The molecule has 1 amide bonds. The number of nitrogens with one attached hydrogen (secondary N) is 1. The first-order valence-electron chi connectivity index (χ1n) is 8.79. The number of anilines is 1. The largest absolute Gasteiger partial charge is 0.508 e. The number of aryl methyl sites for hydroxylation is 1. The van der Waals surface area contributed by atoms with E-state index in [-0.39, 0.29) is 11.7 Å². The van der Waals surface area contributed by atoms with Crippen LogP contribution in [0.25, 0.3) is 11.0 Å². The minimum Gasteiger partial charge on any atom is -0.508 e. The quantitative estimate of drug-likeness (QED) is 0.745. The second-order valence-corrected chi connectivity index (χ2v) is 7.15. The van der Waals surface area contributed by atoms with E-state index in [4.69, 9.17) is 4.42 Å². The van der Waals surface area contributed by atoms with Gasteiger partial charge in [-0.3, -0.25) is 9.69 Å². The van der Waals surface area contributed by atoms with E-state index in [1.165, 1.54) is 0 Å². The standard InChI is InChI=1S/C21H22N2O3/c1-14-7-8-16(12-18(14)24)22-20(25)21(2)9-10-23(21)13-17-11-15-5-3-4-6-19(15)26-17/h3-8,11-12,24H,9-10,13H2,1-2H3,(H,22,25). The van der Waals surface area contributed by atoms with Crippen LogP contribution in [-0.2, 0) is 11.3 Å². The number of likely N-dealkylation sites (tertiary alicyclic amines) is 1. The van der Waals surface area contributed by atoms with Crippen molar-refractivity contribution in [2.24, 2.45) is 0 Å². The Balaban J connectivity index is 1.48. The fourth-order valence-electron chi connectivity index (χ4n) is 3.37. The first-order chi connectivity index (χ1) is 12.5. The van der Waals surface area contributed by atoms with Gasteiger partial charge >= 0.3 is 0 Å². The lowest BCUT2D eigenvalue weighted by Crippen LogP contribution is -2.63. The molecule has 0 bridgehead atoms. The van der Waals surface area contributed by atoms with Crippen molar-refractivity contribution in [2.75, 3.05) is 11.9 Å². The number of hydrogen-bond donors (Lipinski definition) is 2. The summed E-state index contributed by atoms with van der Waals surface area (Å²) in [5.41, 5.74) is 1.67. The fraction of sp³-hybridized carbons (Fsp3) is 0.286. The highest BCUT2D eigenvalue weighted by Crippen LogP contribution is 2.34. The summed E-state index contributed by atoms with van der Waals surface area (Å²) >= 11 is 0. The van der Waals surface area contributed by atoms with Gasteiger partial charge in [-0.15, -0.1) is 0 Å². The molecular formula is C21H22N2O3. The van der Waals surface area contributed by atoms with Crippen molar-refractivity contribution in [1.82, 2.24) is 4.90 Å². The minimum absolute atomic E-state index is 0.0666. The maximum Gasteiger partial charge on any atom is 0.244 e. The molecule has 0 aliphatic carbocycles. The van der Waals surface area contributed by atoms with Gasteiger partial charge in [-0.2, -0.15) is 0 Å². The maximum absolute atomic E-state index is 12.8. The van der Waals surface area contributed by atoms with Gasteiger partial charge < -0.3 is 14.8 Å². The molecule has 4 rings (SSSR count). The van der Waals surface area contributed by atoms with Crippen LogP contribution < -0.4 is 5.32 Å². The number of fused-ring (bicyclic) bond motifs is 1. The number of furan rings is 1. The molecule has 0 spiro atoms. The number of aromatic hydroxyl groups is 1. The zero-order chi connectivity index (χ0) is 18.3. The lowest BCUT2D eigenvalue weighted by molar-refractivity contribution is -0.136. The number of nitrogens with zero attached hydrogens (tertiary/aromatic N) is 1. The molecule has 5 heteroatoms. The molecule has 0 saturated carbocycles. The number of carbonyl (C=O) groups excluding carboxylic acids is 1. The summed E-state index contributed by atoms with van der Waals surface area (Å²) in [5, 5.41) is 13.8. The van der Waals surface area contributed by atoms with E-state index in [9.17, 15) is 9.90 Å². The Bertz CT molecular complexity index is 945. The Kier molecular flexibility index (Phi) is 3.96. The van der Waals surface area contributed by atoms with Gasteiger partial charge in [0, 0.05) is 23.7 Å². The van der Waals surface area contributed by atoms with Crippen molar-refractivity contribution < 1.29 is 14.3 Å². The summed E-state index contributed by atoms with van der Waals surface area (Å²) in [6, 6.07) is 15.1. The first-order valence-corrected chi connectivity index (χ1v) is 8.79. The third-order valence-electron chi connectivity index (χ3n) is 5.35. The number of hydrogen-bond acceptors (Lipinski definition) is 4. The minimum atomic E-state index is -0.584. The number of rotatable bonds is 4. The number of benzene rings is 2. The normalized spacial score (nSPS) is 20.1. The van der Waals surface area contributed by atoms with Gasteiger partial charge in [0.1, 0.15) is 17.1 Å². The molecule has 2 heterocycles. The highest BCUT2D eigenvalue weighted by Gasteiger charge is 2.47. The Morgan fingerprint density at radius 1 is 1.27 bits per heavy atom. The molecule has 2 N–H and O–H groups in total. The van der Waals surface area contributed by atoms with Gasteiger partial charge in [0.2, 0.25) is 5.91 Å². The fourth-order valence-corrected chi connectivity index (χ4v) is 3.37. The lowest BCUT2D eigenvalue weighted by Gasteiger charge is -2.48. The second kappa shape index (κ2) is 6.18. The summed E-state index contributed by atoms with van der Waals surface area (Å²) in [6.07, 6.45) is 0.789. The van der Waals surface area contributed by atoms with Crippen molar-refractivity contribution in [2.45, 2.75) is 32.4 Å². The Morgan fingerprint density at radius 3 is 2.77 bits per heavy atom. The van der Waals surface area contributed by atoms with E-state index < -0.39 is 5.54 Å². The molecule has 1 saturated heterocycles. The van der Waals surface area contributed by atoms with Crippen LogP contribution in [0.15, 0.2) is 52.9 Å². The summed E-state index contributed by atoms with van der Waals surface area (Å²) in [7, 11) is 0. The molecule has 2 aromatic carbocycles. The third kappa shape index (κ3) is 2.84. The smallest absolute Gasteiger partial charge is 0.244 e. The van der Waals surface area contributed by atoms with E-state index in [0.717, 1.165) is 35.3 Å². The van der Waals surface area contributed by atoms with Crippen molar-refractivity contribution in [1.29, 1.82) is 0 Å². The molecule has 0 radical (unpaired) electrons. The van der Waals surface area contributed by atoms with Crippen LogP contribution in [0.1, 0.15) is 24.7 Å². The summed E-state index contributed by atoms with van der Waals surface area (Å²) in [5.74, 6) is 0.974. The molecule has 1 fully saturated rings. The Morgan fingerprint density at radius 2 is 2.08 bits per heavy atom. The van der Waals surface area contributed by atoms with Crippen LogP contribution in [0.4, 0.5) is 5.69 Å². The van der Waals surface area contributed by atoms with E-state index in [1.807, 2.05) is 44.2 Å². The van der Waals surface area contributed by atoms with Crippen LogP contribution in [0.2, 0.25) is 0 Å². The molecular weight excluding hydrogens is 328 g/mol. The van der Waals surface area contributed by atoms with Crippen LogP contribution in [-0.4, -0.2) is 28.0 Å². The van der Waals surface area contributed by atoms with E-state index >= 15 is 0 Å². The SMILES string of the molecule is Cc1ccc(NC(=O)C2(C)CCN2Cc2cc3ccccc3o2)cc1O. The van der Waals surface area contributed by atoms with Crippen LogP contribution in [0, 0.1) is 6.92 Å². The molecule has 1 atom stereocenters. The van der Waals surface area contributed by atoms with Gasteiger partial charge in [0.05, 0.1) is 12.1 Å². The van der Waals surface area contributed by atoms with Gasteiger partial charge in [0.25, 0.3) is 0 Å². The predicted octanol–water partition coefficient (Wildman–Crippen LogP) is 4.05. The van der Waals surface area contributed by atoms with E-state index in [0.29, 0.717) is 12.2 Å². The third-order valence-corrected chi connectivity index (χ3v) is 5.35. The second-order valence-electron chi connectivity index (χ2n) is 7.15. The molecule has 5 nitrogen and oxygen atoms in total. The van der Waals surface area contributed by atoms with Crippen LogP contribution in [0.5, 0.6) is 5.75 Å². The number of carbonyl (C=O) groups is 1. The van der Waals surface area contributed by atoms with E-state index in [2.05, 4.69) is 10.2 Å². The molecule has 1 unspecified atom stereocenters. The van der Waals surface area contributed by atoms with E-state index in [1.54, 1.807) is 18.2 Å². The summed E-state index contributed by atoms with van der Waals surface area (Å²) in [6.45, 7) is 5.21. The molecule has 26 heavy (non-hydrogen) atoms. The lowest BCUT2D eigenvalue weighted by atomic mass is 9.85. The Labute approximate surface area is 152 Å². The van der Waals surface area contributed by atoms with Crippen LogP contribution >= 0.6 is 0 Å². The van der Waals surface area contributed by atoms with Crippen molar-refractivity contribution >= 4 is 22.6 Å². The molecule has 3 aromatic rings. The molecule has 1 aliphatic rings. The number of para-hydroxylation sites is 1. The monoisotopic (exact) mass is 350 g/mol. The van der Waals surface area contributed by atoms with Crippen molar-refractivity contribution in [3.63, 3.8) is 0 Å². The zero-order valence-electron chi connectivity index (χ0n) is 15.0. The number of amides is 1. The average molecular weight is 350 g/mol. The Hall–Kier alpha value is -2.79.